The minimum Gasteiger partial charge on any atom is -0.367 e. The van der Waals surface area contributed by atoms with Gasteiger partial charge in [-0.3, -0.25) is 19.3 Å². The van der Waals surface area contributed by atoms with Crippen LogP contribution in [-0.2, 0) is 19.3 Å². The molecule has 2 atom stereocenters. The van der Waals surface area contributed by atoms with Crippen LogP contribution < -0.4 is 23.3 Å². The van der Waals surface area contributed by atoms with Gasteiger partial charge in [0.1, 0.15) is 0 Å². The number of carbonyl (C=O) groups is 2. The van der Waals surface area contributed by atoms with Crippen molar-refractivity contribution < 1.29 is 19.3 Å². The van der Waals surface area contributed by atoms with E-state index in [-0.39, 0.29) is 12.8 Å². The molecule has 0 spiro atoms. The first-order chi connectivity index (χ1) is 6.52. The van der Waals surface area contributed by atoms with Crippen molar-refractivity contribution in [2.24, 2.45) is 23.3 Å². The number of rotatable bonds is 7. The third kappa shape index (κ3) is 4.14. The largest absolute Gasteiger partial charge is 0.367 e. The first-order valence-electron chi connectivity index (χ1n) is 3.82. The Hall–Kier alpha value is -1.22. The molecule has 82 valence electrons. The third-order valence-corrected chi connectivity index (χ3v) is 1.65. The van der Waals surface area contributed by atoms with Crippen molar-refractivity contribution in [1.82, 2.24) is 0 Å². The molecule has 0 aliphatic rings. The summed E-state index contributed by atoms with van der Waals surface area (Å²) >= 11 is 0. The Kier molecular flexibility index (Phi) is 5.72. The van der Waals surface area contributed by atoms with Crippen LogP contribution >= 0.6 is 0 Å². The minimum absolute atomic E-state index is 0.108. The van der Waals surface area contributed by atoms with Gasteiger partial charge in [0.05, 0.1) is 0 Å². The van der Waals surface area contributed by atoms with Gasteiger partial charge in [0, 0.05) is 0 Å². The zero-order valence-electron chi connectivity index (χ0n) is 7.51. The maximum Gasteiger partial charge on any atom is 0.248 e. The zero-order chi connectivity index (χ0) is 11.1. The van der Waals surface area contributed by atoms with Gasteiger partial charge in [0.15, 0.2) is 12.2 Å². The summed E-state index contributed by atoms with van der Waals surface area (Å²) in [6.45, 7) is 0. The average Bonchev–Trinajstić information content (AvgIpc) is 2.11. The van der Waals surface area contributed by atoms with Crippen LogP contribution in [0, 0.1) is 0 Å². The topological polar surface area (TPSA) is 157 Å². The van der Waals surface area contributed by atoms with E-state index in [4.69, 9.17) is 23.3 Å². The fourth-order valence-electron chi connectivity index (χ4n) is 0.857. The number of nitrogens with two attached hydrogens (primary N) is 4. The maximum absolute atomic E-state index is 10.6. The molecule has 8 N–H and O–H groups in total. The highest BCUT2D eigenvalue weighted by atomic mass is 16.6. The molecule has 0 aromatic carbocycles. The van der Waals surface area contributed by atoms with Gasteiger partial charge >= 0.3 is 0 Å². The van der Waals surface area contributed by atoms with Crippen molar-refractivity contribution in [3.63, 3.8) is 0 Å². The number of amides is 2. The molecular weight excluding hydrogens is 192 g/mol. The maximum atomic E-state index is 10.6. The SMILES string of the molecule is NOC(CCC(ON)C(N)=O)C(N)=O. The van der Waals surface area contributed by atoms with E-state index in [1.54, 1.807) is 0 Å². The van der Waals surface area contributed by atoms with Crippen molar-refractivity contribution in [1.29, 1.82) is 0 Å². The summed E-state index contributed by atoms with van der Waals surface area (Å²) in [5, 5.41) is 0. The van der Waals surface area contributed by atoms with Gasteiger partial charge in [0.2, 0.25) is 11.8 Å². The van der Waals surface area contributed by atoms with E-state index in [9.17, 15) is 9.59 Å². The van der Waals surface area contributed by atoms with E-state index >= 15 is 0 Å². The molecular formula is C6H14N4O4. The molecule has 0 aromatic heterocycles. The lowest BCUT2D eigenvalue weighted by Crippen LogP contribution is -2.38. The van der Waals surface area contributed by atoms with E-state index < -0.39 is 24.0 Å². The molecule has 8 nitrogen and oxygen atoms in total. The number of hydrogen-bond acceptors (Lipinski definition) is 6. The molecule has 0 rings (SSSR count). The summed E-state index contributed by atoms with van der Waals surface area (Å²) in [5.41, 5.74) is 9.84. The molecule has 0 bridgehead atoms. The first kappa shape index (κ1) is 12.8. The van der Waals surface area contributed by atoms with Crippen molar-refractivity contribution in [3.8, 4) is 0 Å². The second-order valence-corrected chi connectivity index (χ2v) is 2.63. The Morgan fingerprint density at radius 2 is 1.21 bits per heavy atom. The molecule has 0 heterocycles. The van der Waals surface area contributed by atoms with Crippen LogP contribution in [0.4, 0.5) is 0 Å². The van der Waals surface area contributed by atoms with Gasteiger partial charge in [0.25, 0.3) is 0 Å². The number of primary amides is 2. The van der Waals surface area contributed by atoms with Crippen LogP contribution in [0.2, 0.25) is 0 Å². The molecule has 0 fully saturated rings. The Labute approximate surface area is 80.4 Å². The highest BCUT2D eigenvalue weighted by Gasteiger charge is 2.21. The molecule has 2 amide bonds. The predicted octanol–water partition coefficient (Wildman–Crippen LogP) is -2.74. The van der Waals surface area contributed by atoms with Crippen LogP contribution in [0.5, 0.6) is 0 Å². The Morgan fingerprint density at radius 1 is 0.929 bits per heavy atom. The number of carbonyl (C=O) groups excluding carboxylic acids is 2. The van der Waals surface area contributed by atoms with Gasteiger partial charge in [-0.1, -0.05) is 0 Å². The van der Waals surface area contributed by atoms with Crippen molar-refractivity contribution in [3.05, 3.63) is 0 Å². The van der Waals surface area contributed by atoms with E-state index in [0.717, 1.165) is 0 Å². The Bertz CT molecular complexity index is 188. The van der Waals surface area contributed by atoms with Crippen LogP contribution in [-0.4, -0.2) is 24.0 Å². The quantitative estimate of drug-likeness (QED) is 0.331. The normalized spacial score (nSPS) is 14.7. The molecule has 0 aliphatic heterocycles. The summed E-state index contributed by atoms with van der Waals surface area (Å²) in [4.78, 5) is 29.8. The van der Waals surface area contributed by atoms with Gasteiger partial charge in [-0.15, -0.1) is 0 Å². The summed E-state index contributed by atoms with van der Waals surface area (Å²) in [5.74, 6) is 8.12. The standard InChI is InChI=1S/C6H14N4O4/c7-5(11)3(13-9)1-2-4(14-10)6(8)12/h3-4H,1-2,9-10H2,(H2,7,11)(H2,8,12). The molecule has 14 heavy (non-hydrogen) atoms. The zero-order valence-corrected chi connectivity index (χ0v) is 7.51. The smallest absolute Gasteiger partial charge is 0.248 e. The Morgan fingerprint density at radius 3 is 1.36 bits per heavy atom. The second kappa shape index (κ2) is 6.27. The van der Waals surface area contributed by atoms with Crippen LogP contribution in [0.3, 0.4) is 0 Å². The summed E-state index contributed by atoms with van der Waals surface area (Å²) in [7, 11) is 0. The molecule has 0 aromatic rings. The lowest BCUT2D eigenvalue weighted by atomic mass is 10.1. The molecule has 8 heteroatoms. The molecule has 2 unspecified atom stereocenters. The fraction of sp³-hybridized carbons (Fsp3) is 0.667. The van der Waals surface area contributed by atoms with E-state index in [1.165, 1.54) is 0 Å². The van der Waals surface area contributed by atoms with Gasteiger partial charge in [-0.05, 0) is 12.8 Å². The van der Waals surface area contributed by atoms with Gasteiger partial charge in [-0.25, -0.2) is 11.8 Å². The molecule has 0 radical (unpaired) electrons. The van der Waals surface area contributed by atoms with Crippen LogP contribution in [0.25, 0.3) is 0 Å². The predicted molar refractivity (Wildman–Crippen MR) is 45.7 cm³/mol. The Balaban J connectivity index is 4.00. The van der Waals surface area contributed by atoms with Crippen molar-refractivity contribution in [2.75, 3.05) is 0 Å². The van der Waals surface area contributed by atoms with E-state index in [1.807, 2.05) is 0 Å². The first-order valence-corrected chi connectivity index (χ1v) is 3.82. The van der Waals surface area contributed by atoms with Crippen molar-refractivity contribution >= 4 is 11.8 Å². The van der Waals surface area contributed by atoms with Crippen LogP contribution in [0.15, 0.2) is 0 Å². The second-order valence-electron chi connectivity index (χ2n) is 2.63. The average molecular weight is 206 g/mol. The van der Waals surface area contributed by atoms with Crippen molar-refractivity contribution in [2.45, 2.75) is 25.0 Å². The molecule has 0 saturated heterocycles. The molecule has 0 saturated carbocycles. The highest BCUT2D eigenvalue weighted by molar-refractivity contribution is 5.80. The molecule has 0 aliphatic carbocycles. The lowest BCUT2D eigenvalue weighted by Gasteiger charge is -2.13. The van der Waals surface area contributed by atoms with Crippen LogP contribution in [0.1, 0.15) is 12.8 Å². The summed E-state index contributed by atoms with van der Waals surface area (Å²) < 4.78 is 0. The highest BCUT2D eigenvalue weighted by Crippen LogP contribution is 2.05. The minimum atomic E-state index is -0.980. The number of hydrogen-bond donors (Lipinski definition) is 4. The third-order valence-electron chi connectivity index (χ3n) is 1.65. The van der Waals surface area contributed by atoms with Gasteiger partial charge < -0.3 is 11.5 Å². The summed E-state index contributed by atoms with van der Waals surface area (Å²) in [6.07, 6.45) is -1.74. The lowest BCUT2D eigenvalue weighted by molar-refractivity contribution is -0.134. The van der Waals surface area contributed by atoms with E-state index in [0.29, 0.717) is 0 Å². The summed E-state index contributed by atoms with van der Waals surface area (Å²) in [6, 6.07) is 0. The van der Waals surface area contributed by atoms with E-state index in [2.05, 4.69) is 9.68 Å². The monoisotopic (exact) mass is 206 g/mol. The fourth-order valence-corrected chi connectivity index (χ4v) is 0.857. The van der Waals surface area contributed by atoms with Gasteiger partial charge in [-0.2, -0.15) is 0 Å².